The Balaban J connectivity index is 1.69. The number of hydrogen-bond donors (Lipinski definition) is 3. The monoisotopic (exact) mass is 339 g/mol. The Morgan fingerprint density at radius 1 is 1.20 bits per heavy atom. The minimum absolute atomic E-state index is 0.00740. The van der Waals surface area contributed by atoms with Crippen molar-refractivity contribution < 1.29 is 14.6 Å². The van der Waals surface area contributed by atoms with Crippen LogP contribution in [-0.4, -0.2) is 27.6 Å². The summed E-state index contributed by atoms with van der Waals surface area (Å²) in [6.45, 7) is 3.85. The van der Waals surface area contributed by atoms with Crippen LogP contribution in [0.5, 0.6) is 11.5 Å². The zero-order valence-corrected chi connectivity index (χ0v) is 14.2. The largest absolute Gasteiger partial charge is 0.504 e. The van der Waals surface area contributed by atoms with E-state index < -0.39 is 0 Å². The van der Waals surface area contributed by atoms with E-state index >= 15 is 0 Å². The lowest BCUT2D eigenvalue weighted by atomic mass is 10.0. The summed E-state index contributed by atoms with van der Waals surface area (Å²) < 4.78 is 5.38. The number of para-hydroxylation sites is 4. The molecule has 0 fully saturated rings. The number of carbonyl (C=O) groups excluding carboxylic acids is 1. The number of phenols is 1. The number of H-pyrrole nitrogens is 1. The zero-order valence-electron chi connectivity index (χ0n) is 14.2. The standard InChI is InChI=1S/C19H21N3O3/c1-12(2)18(19-20-13-7-3-4-8-14(13)21-19)22-17(24)11-25-16-10-6-5-9-15(16)23/h3-10,12,18,23H,11H2,1-2H3,(H,20,21)(H,22,24). The van der Waals surface area contributed by atoms with Gasteiger partial charge in [0.25, 0.3) is 5.91 Å². The van der Waals surface area contributed by atoms with Crippen molar-refractivity contribution in [2.45, 2.75) is 19.9 Å². The first-order valence-corrected chi connectivity index (χ1v) is 8.19. The van der Waals surface area contributed by atoms with E-state index in [0.717, 1.165) is 11.0 Å². The maximum atomic E-state index is 12.3. The minimum Gasteiger partial charge on any atom is -0.504 e. The molecule has 3 aromatic rings. The van der Waals surface area contributed by atoms with Crippen LogP contribution in [0.2, 0.25) is 0 Å². The van der Waals surface area contributed by atoms with Crippen molar-refractivity contribution in [3.8, 4) is 11.5 Å². The lowest BCUT2D eigenvalue weighted by molar-refractivity contribution is -0.124. The van der Waals surface area contributed by atoms with Gasteiger partial charge in [-0.15, -0.1) is 0 Å². The van der Waals surface area contributed by atoms with Gasteiger partial charge in [0.05, 0.1) is 17.1 Å². The molecular weight excluding hydrogens is 318 g/mol. The Labute approximate surface area is 145 Å². The molecule has 0 aliphatic heterocycles. The van der Waals surface area contributed by atoms with E-state index in [1.54, 1.807) is 18.2 Å². The Bertz CT molecular complexity index is 840. The molecule has 0 spiro atoms. The van der Waals surface area contributed by atoms with Gasteiger partial charge in [0.15, 0.2) is 18.1 Å². The average Bonchev–Trinajstić information content (AvgIpc) is 3.02. The molecule has 0 aliphatic carbocycles. The number of carbonyl (C=O) groups is 1. The van der Waals surface area contributed by atoms with E-state index in [1.807, 2.05) is 38.1 Å². The van der Waals surface area contributed by atoms with Gasteiger partial charge >= 0.3 is 0 Å². The van der Waals surface area contributed by atoms with Gasteiger partial charge in [0.2, 0.25) is 0 Å². The highest BCUT2D eigenvalue weighted by Gasteiger charge is 2.22. The average molecular weight is 339 g/mol. The molecule has 0 saturated heterocycles. The fourth-order valence-electron chi connectivity index (χ4n) is 2.61. The van der Waals surface area contributed by atoms with Crippen molar-refractivity contribution in [1.29, 1.82) is 0 Å². The topological polar surface area (TPSA) is 87.2 Å². The molecule has 0 saturated carbocycles. The van der Waals surface area contributed by atoms with Crippen LogP contribution in [0, 0.1) is 5.92 Å². The summed E-state index contributed by atoms with van der Waals surface area (Å²) in [6.07, 6.45) is 0. The van der Waals surface area contributed by atoms with Crippen molar-refractivity contribution in [3.63, 3.8) is 0 Å². The first-order chi connectivity index (χ1) is 12.0. The van der Waals surface area contributed by atoms with Gasteiger partial charge in [-0.1, -0.05) is 38.1 Å². The maximum Gasteiger partial charge on any atom is 0.258 e. The van der Waals surface area contributed by atoms with Crippen molar-refractivity contribution in [2.24, 2.45) is 5.92 Å². The highest BCUT2D eigenvalue weighted by atomic mass is 16.5. The molecular formula is C19H21N3O3. The highest BCUT2D eigenvalue weighted by molar-refractivity contribution is 5.78. The third-order valence-electron chi connectivity index (χ3n) is 3.91. The maximum absolute atomic E-state index is 12.3. The summed E-state index contributed by atoms with van der Waals surface area (Å²) in [5.41, 5.74) is 1.80. The number of ether oxygens (including phenoxy) is 1. The molecule has 6 heteroatoms. The Hall–Kier alpha value is -3.02. The molecule has 1 heterocycles. The fourth-order valence-corrected chi connectivity index (χ4v) is 2.61. The number of nitrogens with zero attached hydrogens (tertiary/aromatic N) is 1. The summed E-state index contributed by atoms with van der Waals surface area (Å²) in [5, 5.41) is 12.6. The molecule has 1 aromatic heterocycles. The third-order valence-corrected chi connectivity index (χ3v) is 3.91. The molecule has 3 N–H and O–H groups in total. The Morgan fingerprint density at radius 2 is 1.92 bits per heavy atom. The summed E-state index contributed by atoms with van der Waals surface area (Å²) >= 11 is 0. The molecule has 6 nitrogen and oxygen atoms in total. The summed E-state index contributed by atoms with van der Waals surface area (Å²) in [4.78, 5) is 20.1. The van der Waals surface area contributed by atoms with E-state index in [1.165, 1.54) is 6.07 Å². The van der Waals surface area contributed by atoms with Gasteiger partial charge in [-0.3, -0.25) is 4.79 Å². The van der Waals surface area contributed by atoms with Crippen molar-refractivity contribution >= 4 is 16.9 Å². The van der Waals surface area contributed by atoms with Crippen molar-refractivity contribution in [3.05, 3.63) is 54.4 Å². The van der Waals surface area contributed by atoms with Crippen LogP contribution in [0.15, 0.2) is 48.5 Å². The molecule has 1 atom stereocenters. The molecule has 2 aromatic carbocycles. The number of amides is 1. The highest BCUT2D eigenvalue weighted by Crippen LogP contribution is 2.25. The normalized spacial score (nSPS) is 12.3. The number of phenolic OH excluding ortho intramolecular Hbond substituents is 1. The number of aromatic hydroxyl groups is 1. The number of aromatic amines is 1. The van der Waals surface area contributed by atoms with Gasteiger partial charge < -0.3 is 20.1 Å². The predicted octanol–water partition coefficient (Wildman–Crippen LogP) is 3.16. The van der Waals surface area contributed by atoms with Crippen LogP contribution >= 0.6 is 0 Å². The lowest BCUT2D eigenvalue weighted by Gasteiger charge is -2.20. The second-order valence-electron chi connectivity index (χ2n) is 6.18. The number of imidazole rings is 1. The summed E-state index contributed by atoms with van der Waals surface area (Å²) in [7, 11) is 0. The molecule has 3 rings (SSSR count). The molecule has 130 valence electrons. The van der Waals surface area contributed by atoms with Crippen molar-refractivity contribution in [2.75, 3.05) is 6.61 Å². The third kappa shape index (κ3) is 3.91. The zero-order chi connectivity index (χ0) is 17.8. The van der Waals surface area contributed by atoms with Crippen LogP contribution in [-0.2, 0) is 4.79 Å². The Morgan fingerprint density at radius 3 is 2.64 bits per heavy atom. The number of fused-ring (bicyclic) bond motifs is 1. The van der Waals surface area contributed by atoms with Gasteiger partial charge in [0, 0.05) is 0 Å². The second-order valence-corrected chi connectivity index (χ2v) is 6.18. The van der Waals surface area contributed by atoms with Gasteiger partial charge in [0.1, 0.15) is 5.82 Å². The first-order valence-electron chi connectivity index (χ1n) is 8.19. The quantitative estimate of drug-likeness (QED) is 0.644. The summed E-state index contributed by atoms with van der Waals surface area (Å²) in [6, 6.07) is 14.0. The van der Waals surface area contributed by atoms with E-state index in [9.17, 15) is 9.90 Å². The number of nitrogens with one attached hydrogen (secondary N) is 2. The number of hydrogen-bond acceptors (Lipinski definition) is 4. The van der Waals surface area contributed by atoms with Crippen LogP contribution in [0.4, 0.5) is 0 Å². The number of aromatic nitrogens is 2. The molecule has 0 bridgehead atoms. The lowest BCUT2D eigenvalue weighted by Crippen LogP contribution is -2.35. The van der Waals surface area contributed by atoms with Crippen LogP contribution in [0.3, 0.4) is 0 Å². The minimum atomic E-state index is -0.276. The van der Waals surface area contributed by atoms with Crippen LogP contribution in [0.1, 0.15) is 25.7 Å². The Kier molecular flexibility index (Phi) is 4.88. The van der Waals surface area contributed by atoms with Crippen molar-refractivity contribution in [1.82, 2.24) is 15.3 Å². The molecule has 25 heavy (non-hydrogen) atoms. The van der Waals surface area contributed by atoms with Crippen LogP contribution < -0.4 is 10.1 Å². The van der Waals surface area contributed by atoms with Gasteiger partial charge in [-0.25, -0.2) is 4.98 Å². The van der Waals surface area contributed by atoms with E-state index in [-0.39, 0.29) is 36.0 Å². The molecule has 1 amide bonds. The number of benzene rings is 2. The molecule has 0 radical (unpaired) electrons. The van der Waals surface area contributed by atoms with Crippen LogP contribution in [0.25, 0.3) is 11.0 Å². The first kappa shape index (κ1) is 16.8. The second kappa shape index (κ2) is 7.25. The van der Waals surface area contributed by atoms with Gasteiger partial charge in [-0.2, -0.15) is 0 Å². The summed E-state index contributed by atoms with van der Waals surface area (Å²) in [5.74, 6) is 0.875. The SMILES string of the molecule is CC(C)C(NC(=O)COc1ccccc1O)c1nc2ccccc2[nH]1. The predicted molar refractivity (Wildman–Crippen MR) is 95.4 cm³/mol. The molecule has 0 aliphatic rings. The molecule has 1 unspecified atom stereocenters. The fraction of sp³-hybridized carbons (Fsp3) is 0.263. The van der Waals surface area contributed by atoms with Gasteiger partial charge in [-0.05, 0) is 30.2 Å². The van der Waals surface area contributed by atoms with E-state index in [2.05, 4.69) is 15.3 Å². The van der Waals surface area contributed by atoms with E-state index in [0.29, 0.717) is 5.82 Å². The smallest absolute Gasteiger partial charge is 0.258 e. The van der Waals surface area contributed by atoms with E-state index in [4.69, 9.17) is 4.74 Å². The number of rotatable bonds is 6.